The number of nitrogens with zero attached hydrogens (tertiary/aromatic N) is 2. The van der Waals surface area contributed by atoms with Crippen molar-refractivity contribution in [2.45, 2.75) is 6.92 Å². The Kier molecular flexibility index (Phi) is 2.88. The smallest absolute Gasteiger partial charge is 0.237 e. The molecule has 5 nitrogen and oxygen atoms in total. The predicted octanol–water partition coefficient (Wildman–Crippen LogP) is -0.312. The molecule has 0 aliphatic carbocycles. The van der Waals surface area contributed by atoms with Crippen LogP contribution in [0.4, 0.5) is 0 Å². The van der Waals surface area contributed by atoms with E-state index >= 15 is 0 Å². The van der Waals surface area contributed by atoms with Crippen molar-refractivity contribution in [2.24, 2.45) is 11.8 Å². The molecule has 2 fully saturated rings. The van der Waals surface area contributed by atoms with Gasteiger partial charge < -0.3 is 4.90 Å². The van der Waals surface area contributed by atoms with Gasteiger partial charge in [0.1, 0.15) is 5.88 Å². The summed E-state index contributed by atoms with van der Waals surface area (Å²) in [6, 6.07) is 0. The third-order valence-electron chi connectivity index (χ3n) is 3.27. The van der Waals surface area contributed by atoms with E-state index in [0.29, 0.717) is 19.6 Å². The van der Waals surface area contributed by atoms with Gasteiger partial charge in [-0.05, 0) is 6.92 Å². The van der Waals surface area contributed by atoms with Crippen molar-refractivity contribution >= 4 is 29.3 Å². The number of halogens is 1. The monoisotopic (exact) mass is 244 g/mol. The van der Waals surface area contributed by atoms with Crippen molar-refractivity contribution in [2.75, 3.05) is 25.5 Å². The van der Waals surface area contributed by atoms with Crippen LogP contribution in [0.3, 0.4) is 0 Å². The lowest BCUT2D eigenvalue weighted by Gasteiger charge is -2.18. The highest BCUT2D eigenvalue weighted by atomic mass is 35.5. The Morgan fingerprint density at radius 2 is 1.81 bits per heavy atom. The van der Waals surface area contributed by atoms with Gasteiger partial charge in [-0.2, -0.15) is 0 Å². The van der Waals surface area contributed by atoms with E-state index in [1.807, 2.05) is 0 Å². The van der Waals surface area contributed by atoms with E-state index in [4.69, 9.17) is 11.6 Å². The minimum absolute atomic E-state index is 0.0979. The van der Waals surface area contributed by atoms with E-state index in [0.717, 1.165) is 0 Å². The SMILES string of the molecule is CCN1C(=O)[C@H]2CN(C(=O)CCl)C[C@@H]2C1=O. The van der Waals surface area contributed by atoms with Crippen LogP contribution < -0.4 is 0 Å². The summed E-state index contributed by atoms with van der Waals surface area (Å²) in [5.74, 6) is -1.30. The van der Waals surface area contributed by atoms with Crippen LogP contribution in [0.1, 0.15) is 6.92 Å². The van der Waals surface area contributed by atoms with Crippen LogP contribution in [0.2, 0.25) is 0 Å². The Labute approximate surface area is 98.3 Å². The molecule has 3 amide bonds. The van der Waals surface area contributed by atoms with Gasteiger partial charge in [0, 0.05) is 19.6 Å². The topological polar surface area (TPSA) is 57.7 Å². The van der Waals surface area contributed by atoms with Gasteiger partial charge in [0.25, 0.3) is 0 Å². The van der Waals surface area contributed by atoms with E-state index in [1.165, 1.54) is 9.80 Å². The fraction of sp³-hybridized carbons (Fsp3) is 0.700. The molecule has 2 aliphatic rings. The molecule has 0 aromatic heterocycles. The van der Waals surface area contributed by atoms with E-state index in [2.05, 4.69) is 0 Å². The number of hydrogen-bond acceptors (Lipinski definition) is 3. The van der Waals surface area contributed by atoms with E-state index in [9.17, 15) is 14.4 Å². The average Bonchev–Trinajstić information content (AvgIpc) is 2.80. The number of imide groups is 1. The second kappa shape index (κ2) is 4.05. The first-order chi connectivity index (χ1) is 7.60. The van der Waals surface area contributed by atoms with E-state index in [-0.39, 0.29) is 35.4 Å². The molecular formula is C10H13ClN2O3. The third-order valence-corrected chi connectivity index (χ3v) is 3.50. The number of carbonyl (C=O) groups is 3. The third kappa shape index (κ3) is 1.50. The molecule has 0 unspecified atom stereocenters. The van der Waals surface area contributed by atoms with Crippen LogP contribution in [0, 0.1) is 11.8 Å². The highest BCUT2D eigenvalue weighted by molar-refractivity contribution is 6.27. The highest BCUT2D eigenvalue weighted by Gasteiger charge is 2.52. The van der Waals surface area contributed by atoms with E-state index < -0.39 is 0 Å². The summed E-state index contributed by atoms with van der Waals surface area (Å²) < 4.78 is 0. The lowest BCUT2D eigenvalue weighted by molar-refractivity contribution is -0.140. The molecule has 2 aliphatic heterocycles. The lowest BCUT2D eigenvalue weighted by atomic mass is 10.00. The Balaban J connectivity index is 2.14. The number of alkyl halides is 1. The molecule has 0 spiro atoms. The second-order valence-electron chi connectivity index (χ2n) is 4.07. The van der Waals surface area contributed by atoms with Gasteiger partial charge in [-0.25, -0.2) is 0 Å². The van der Waals surface area contributed by atoms with Gasteiger partial charge in [0.05, 0.1) is 11.8 Å². The molecule has 0 aromatic carbocycles. The van der Waals surface area contributed by atoms with Crippen LogP contribution >= 0.6 is 11.6 Å². The number of carbonyl (C=O) groups excluding carboxylic acids is 3. The van der Waals surface area contributed by atoms with Crippen LogP contribution in [0.5, 0.6) is 0 Å². The maximum absolute atomic E-state index is 11.8. The average molecular weight is 245 g/mol. The quantitative estimate of drug-likeness (QED) is 0.495. The predicted molar refractivity (Wildman–Crippen MR) is 56.7 cm³/mol. The van der Waals surface area contributed by atoms with Gasteiger partial charge in [0.2, 0.25) is 17.7 Å². The molecule has 0 saturated carbocycles. The highest BCUT2D eigenvalue weighted by Crippen LogP contribution is 2.33. The summed E-state index contributed by atoms with van der Waals surface area (Å²) in [4.78, 5) is 37.8. The zero-order valence-corrected chi connectivity index (χ0v) is 9.74. The zero-order chi connectivity index (χ0) is 11.9. The zero-order valence-electron chi connectivity index (χ0n) is 8.98. The standard InChI is InChI=1S/C10H13ClN2O3/c1-2-13-9(15)6-4-12(8(14)3-11)5-7(6)10(13)16/h6-7H,2-5H2,1H3/t6-,7-/m0/s1. The number of hydrogen-bond donors (Lipinski definition) is 0. The first-order valence-corrected chi connectivity index (χ1v) is 5.82. The lowest BCUT2D eigenvalue weighted by Crippen LogP contribution is -2.38. The molecule has 2 saturated heterocycles. The molecule has 16 heavy (non-hydrogen) atoms. The second-order valence-corrected chi connectivity index (χ2v) is 4.33. The van der Waals surface area contributed by atoms with Crippen LogP contribution in [-0.4, -0.2) is 53.0 Å². The largest absolute Gasteiger partial charge is 0.340 e. The molecule has 0 bridgehead atoms. The summed E-state index contributed by atoms with van der Waals surface area (Å²) >= 11 is 5.45. The Morgan fingerprint density at radius 1 is 1.31 bits per heavy atom. The van der Waals surface area contributed by atoms with Gasteiger partial charge in [-0.3, -0.25) is 19.3 Å². The molecule has 88 valence electrons. The molecule has 2 rings (SSSR count). The Bertz CT molecular complexity index is 334. The van der Waals surface area contributed by atoms with Crippen molar-refractivity contribution in [1.29, 1.82) is 0 Å². The molecule has 2 atom stereocenters. The number of likely N-dealkylation sites (tertiary alicyclic amines) is 2. The summed E-state index contributed by atoms with van der Waals surface area (Å²) in [6.45, 7) is 2.85. The van der Waals surface area contributed by atoms with Crippen molar-refractivity contribution < 1.29 is 14.4 Å². The molecule has 0 N–H and O–H groups in total. The van der Waals surface area contributed by atoms with Crippen molar-refractivity contribution in [3.8, 4) is 0 Å². The van der Waals surface area contributed by atoms with Crippen molar-refractivity contribution in [3.63, 3.8) is 0 Å². The normalized spacial score (nSPS) is 28.9. The number of fused-ring (bicyclic) bond motifs is 1. The van der Waals surface area contributed by atoms with Crippen molar-refractivity contribution in [1.82, 2.24) is 9.80 Å². The van der Waals surface area contributed by atoms with E-state index in [1.54, 1.807) is 6.92 Å². The van der Waals surface area contributed by atoms with Gasteiger partial charge in [-0.15, -0.1) is 11.6 Å². The van der Waals surface area contributed by atoms with Gasteiger partial charge >= 0.3 is 0 Å². The molecule has 0 aromatic rings. The minimum atomic E-state index is -0.348. The fourth-order valence-electron chi connectivity index (χ4n) is 2.41. The molecule has 2 heterocycles. The van der Waals surface area contributed by atoms with Crippen molar-refractivity contribution in [3.05, 3.63) is 0 Å². The summed E-state index contributed by atoms with van der Waals surface area (Å²) in [5, 5.41) is 0. The van der Waals surface area contributed by atoms with Crippen LogP contribution in [0.15, 0.2) is 0 Å². The maximum Gasteiger partial charge on any atom is 0.237 e. The summed E-state index contributed by atoms with van der Waals surface area (Å²) in [7, 11) is 0. The van der Waals surface area contributed by atoms with Crippen LogP contribution in [-0.2, 0) is 14.4 Å². The maximum atomic E-state index is 11.8. The number of rotatable bonds is 2. The first-order valence-electron chi connectivity index (χ1n) is 5.29. The Hall–Kier alpha value is -1.10. The van der Waals surface area contributed by atoms with Gasteiger partial charge in [-0.1, -0.05) is 0 Å². The number of amides is 3. The molecule has 0 radical (unpaired) electrons. The molecular weight excluding hydrogens is 232 g/mol. The fourth-order valence-corrected chi connectivity index (χ4v) is 2.58. The Morgan fingerprint density at radius 3 is 2.19 bits per heavy atom. The summed E-state index contributed by atoms with van der Waals surface area (Å²) in [5.41, 5.74) is 0. The molecule has 6 heteroatoms. The van der Waals surface area contributed by atoms with Gasteiger partial charge in [0.15, 0.2) is 0 Å². The minimum Gasteiger partial charge on any atom is -0.340 e. The summed E-state index contributed by atoms with van der Waals surface area (Å²) in [6.07, 6.45) is 0. The first kappa shape index (κ1) is 11.4. The van der Waals surface area contributed by atoms with Crippen LogP contribution in [0.25, 0.3) is 0 Å².